The highest BCUT2D eigenvalue weighted by Crippen LogP contribution is 2.51. The molecule has 0 aliphatic heterocycles. The average Bonchev–Trinajstić information content (AvgIpc) is 2.44. The largest absolute Gasteiger partial charge is 0.377 e. The zero-order valence-electron chi connectivity index (χ0n) is 15.2. The Morgan fingerprint density at radius 2 is 1.54 bits per heavy atom. The van der Waals surface area contributed by atoms with E-state index in [4.69, 9.17) is 11.6 Å². The van der Waals surface area contributed by atoms with E-state index < -0.39 is 35.2 Å². The predicted octanol–water partition coefficient (Wildman–Crippen LogP) is 0.145. The number of benzene rings is 1. The van der Waals surface area contributed by atoms with Gasteiger partial charge in [0.2, 0.25) is 5.60 Å². The molecule has 1 aliphatic rings. The van der Waals surface area contributed by atoms with Gasteiger partial charge < -0.3 is 35.5 Å². The van der Waals surface area contributed by atoms with Crippen LogP contribution in [0, 0.1) is 0 Å². The van der Waals surface area contributed by atoms with Crippen LogP contribution in [-0.2, 0) is 5.41 Å². The number of halogens is 1. The maximum atomic E-state index is 10.7. The summed E-state index contributed by atoms with van der Waals surface area (Å²) in [6.07, 6.45) is 1.96. The molecule has 0 amide bonds. The SMILES string of the molecule is CN(C)C(CC(O)(C(C)(O)O)C(O)(O)O)C1(c2ccc(Cl)cc2)CCC1. The van der Waals surface area contributed by atoms with E-state index in [1.807, 2.05) is 12.1 Å². The molecule has 2 unspecified atom stereocenters. The number of hydrogen-bond donors (Lipinski definition) is 6. The van der Waals surface area contributed by atoms with Crippen molar-refractivity contribution in [1.29, 1.82) is 0 Å². The van der Waals surface area contributed by atoms with Crippen LogP contribution in [0.5, 0.6) is 0 Å². The highest BCUT2D eigenvalue weighted by molar-refractivity contribution is 6.30. The maximum Gasteiger partial charge on any atom is 0.311 e. The first-order chi connectivity index (χ1) is 11.7. The quantitative estimate of drug-likeness (QED) is 0.366. The van der Waals surface area contributed by atoms with Gasteiger partial charge in [0.25, 0.3) is 0 Å². The lowest BCUT2D eigenvalue weighted by atomic mass is 9.57. The van der Waals surface area contributed by atoms with Crippen LogP contribution in [0.4, 0.5) is 0 Å². The summed E-state index contributed by atoms with van der Waals surface area (Å²) in [6.45, 7) is 0.798. The Morgan fingerprint density at radius 1 is 1.04 bits per heavy atom. The highest BCUT2D eigenvalue weighted by Gasteiger charge is 2.62. The summed E-state index contributed by atoms with van der Waals surface area (Å²) < 4.78 is 0. The number of aliphatic hydroxyl groups is 6. The van der Waals surface area contributed by atoms with Gasteiger partial charge in [-0.2, -0.15) is 0 Å². The average molecular weight is 390 g/mol. The minimum absolute atomic E-state index is 0.460. The van der Waals surface area contributed by atoms with Crippen LogP contribution in [0.25, 0.3) is 0 Å². The monoisotopic (exact) mass is 389 g/mol. The first kappa shape index (κ1) is 21.5. The van der Waals surface area contributed by atoms with E-state index in [-0.39, 0.29) is 0 Å². The molecule has 1 aliphatic carbocycles. The highest BCUT2D eigenvalue weighted by atomic mass is 35.5. The van der Waals surface area contributed by atoms with Crippen molar-refractivity contribution >= 4 is 11.6 Å². The Bertz CT molecular complexity index is 602. The molecule has 0 saturated heterocycles. The number of rotatable bonds is 7. The summed E-state index contributed by atoms with van der Waals surface area (Å²) in [5.41, 5.74) is -2.51. The van der Waals surface area contributed by atoms with Crippen LogP contribution in [0.1, 0.15) is 38.2 Å². The zero-order valence-corrected chi connectivity index (χ0v) is 16.0. The maximum absolute atomic E-state index is 10.7. The van der Waals surface area contributed by atoms with Gasteiger partial charge in [-0.15, -0.1) is 0 Å². The molecule has 2 atom stereocenters. The lowest BCUT2D eigenvalue weighted by Crippen LogP contribution is -2.70. The van der Waals surface area contributed by atoms with Crippen molar-refractivity contribution < 1.29 is 30.6 Å². The molecule has 1 saturated carbocycles. The van der Waals surface area contributed by atoms with Gasteiger partial charge in [0.15, 0.2) is 5.79 Å². The molecule has 0 aromatic heterocycles. The standard InChI is InChI=1S/C18H28ClNO6/c1-15(21,22)17(23,18(24,25)26)11-14(20(2)3)16(9-4-10-16)12-5-7-13(19)8-6-12/h5-8,14,21-26H,4,9-11H2,1-3H3. The predicted molar refractivity (Wildman–Crippen MR) is 96.3 cm³/mol. The second kappa shape index (κ2) is 7.00. The minimum atomic E-state index is -3.70. The van der Waals surface area contributed by atoms with Crippen LogP contribution in [0.3, 0.4) is 0 Å². The second-order valence-electron chi connectivity index (χ2n) is 7.72. The molecule has 148 valence electrons. The molecule has 8 heteroatoms. The van der Waals surface area contributed by atoms with Crippen molar-refractivity contribution in [3.8, 4) is 0 Å². The van der Waals surface area contributed by atoms with Crippen molar-refractivity contribution in [3.63, 3.8) is 0 Å². The third-order valence-electron chi connectivity index (χ3n) is 5.75. The summed E-state index contributed by atoms with van der Waals surface area (Å²) in [5.74, 6) is -6.66. The molecule has 1 aromatic rings. The number of nitrogens with zero attached hydrogens (tertiary/aromatic N) is 1. The topological polar surface area (TPSA) is 125 Å². The van der Waals surface area contributed by atoms with E-state index in [9.17, 15) is 30.6 Å². The molecule has 0 spiro atoms. The Kier molecular flexibility index (Phi) is 5.79. The minimum Gasteiger partial charge on any atom is -0.377 e. The van der Waals surface area contributed by atoms with E-state index >= 15 is 0 Å². The Labute approximate surface area is 158 Å². The van der Waals surface area contributed by atoms with Crippen molar-refractivity contribution in [2.75, 3.05) is 14.1 Å². The smallest absolute Gasteiger partial charge is 0.311 e. The second-order valence-corrected chi connectivity index (χ2v) is 8.15. The Hall–Kier alpha value is -0.770. The van der Waals surface area contributed by atoms with E-state index in [1.165, 1.54) is 0 Å². The summed E-state index contributed by atoms with van der Waals surface area (Å²) >= 11 is 5.98. The van der Waals surface area contributed by atoms with Crippen molar-refractivity contribution in [2.45, 2.75) is 61.4 Å². The number of likely N-dealkylation sites (N-methyl/N-ethyl adjacent to an activating group) is 1. The van der Waals surface area contributed by atoms with Gasteiger partial charge in [-0.05, 0) is 51.6 Å². The van der Waals surface area contributed by atoms with Crippen molar-refractivity contribution in [3.05, 3.63) is 34.9 Å². The van der Waals surface area contributed by atoms with E-state index in [1.54, 1.807) is 31.1 Å². The molecule has 0 heterocycles. The molecule has 26 heavy (non-hydrogen) atoms. The number of hydrogen-bond acceptors (Lipinski definition) is 7. The van der Waals surface area contributed by atoms with Gasteiger partial charge >= 0.3 is 5.97 Å². The van der Waals surface area contributed by atoms with Gasteiger partial charge in [-0.3, -0.25) is 0 Å². The van der Waals surface area contributed by atoms with Gasteiger partial charge in [0.1, 0.15) is 0 Å². The fourth-order valence-corrected chi connectivity index (χ4v) is 4.08. The van der Waals surface area contributed by atoms with Crippen LogP contribution in [0.15, 0.2) is 24.3 Å². The molecular weight excluding hydrogens is 362 g/mol. The van der Waals surface area contributed by atoms with Gasteiger partial charge in [-0.1, -0.05) is 30.2 Å². The summed E-state index contributed by atoms with van der Waals surface area (Å²) in [7, 11) is 3.50. The molecule has 6 N–H and O–H groups in total. The Morgan fingerprint density at radius 3 is 1.85 bits per heavy atom. The molecular formula is C18H28ClNO6. The van der Waals surface area contributed by atoms with Crippen LogP contribution >= 0.6 is 11.6 Å². The Balaban J connectivity index is 2.49. The first-order valence-electron chi connectivity index (χ1n) is 8.51. The fraction of sp³-hybridized carbons (Fsp3) is 0.667. The third-order valence-corrected chi connectivity index (χ3v) is 6.01. The summed E-state index contributed by atoms with van der Waals surface area (Å²) in [6, 6.07) is 6.74. The van der Waals surface area contributed by atoms with Crippen LogP contribution in [0.2, 0.25) is 5.02 Å². The molecule has 7 nitrogen and oxygen atoms in total. The van der Waals surface area contributed by atoms with E-state index in [2.05, 4.69) is 0 Å². The lowest BCUT2D eigenvalue weighted by molar-refractivity contribution is -0.449. The molecule has 2 rings (SSSR count). The lowest BCUT2D eigenvalue weighted by Gasteiger charge is -2.54. The van der Waals surface area contributed by atoms with Crippen LogP contribution in [-0.4, -0.2) is 73.0 Å². The zero-order chi connectivity index (χ0) is 20.0. The van der Waals surface area contributed by atoms with Crippen LogP contribution < -0.4 is 0 Å². The summed E-state index contributed by atoms with van der Waals surface area (Å²) in [4.78, 5) is 1.77. The normalized spacial score (nSPS) is 21.2. The summed E-state index contributed by atoms with van der Waals surface area (Å²) in [5, 5.41) is 60.2. The van der Waals surface area contributed by atoms with Gasteiger partial charge in [0, 0.05) is 22.9 Å². The fourth-order valence-electron chi connectivity index (χ4n) is 3.95. The van der Waals surface area contributed by atoms with Crippen molar-refractivity contribution in [1.82, 2.24) is 4.90 Å². The van der Waals surface area contributed by atoms with Gasteiger partial charge in [0.05, 0.1) is 0 Å². The first-order valence-corrected chi connectivity index (χ1v) is 8.89. The molecule has 1 fully saturated rings. The molecule has 1 aromatic carbocycles. The van der Waals surface area contributed by atoms with Crippen molar-refractivity contribution in [2.24, 2.45) is 0 Å². The van der Waals surface area contributed by atoms with E-state index in [0.29, 0.717) is 5.02 Å². The third kappa shape index (κ3) is 3.63. The van der Waals surface area contributed by atoms with Gasteiger partial charge in [-0.25, -0.2) is 0 Å². The van der Waals surface area contributed by atoms with E-state index in [0.717, 1.165) is 31.7 Å². The molecule has 0 bridgehead atoms. The molecule has 0 radical (unpaired) electrons.